The monoisotopic (exact) mass is 131 g/mol. The fraction of sp³-hybridized carbons (Fsp3) is 1.00. The molecule has 0 saturated carbocycles. The van der Waals surface area contributed by atoms with Gasteiger partial charge in [-0.2, -0.15) is 0 Å². The molecule has 3 aliphatic heterocycles. The maximum atomic E-state index is 10.8. The van der Waals surface area contributed by atoms with Gasteiger partial charge in [0.1, 0.15) is 11.5 Å². The van der Waals surface area contributed by atoms with Gasteiger partial charge in [0.05, 0.1) is 12.1 Å². The van der Waals surface area contributed by atoms with Crippen molar-refractivity contribution in [1.29, 1.82) is 0 Å². The van der Waals surface area contributed by atoms with Gasteiger partial charge >= 0.3 is 0 Å². The minimum absolute atomic E-state index is 0.483. The van der Waals surface area contributed by atoms with Gasteiger partial charge in [0.2, 0.25) is 0 Å². The first-order valence-electron chi connectivity index (χ1n) is 2.95. The van der Waals surface area contributed by atoms with Crippen LogP contribution >= 0.6 is 0 Å². The average molecular weight is 131 g/mol. The molecule has 3 fully saturated rings. The fourth-order valence-electron chi connectivity index (χ4n) is 1.40. The van der Waals surface area contributed by atoms with Crippen LogP contribution in [0.3, 0.4) is 0 Å². The van der Waals surface area contributed by atoms with E-state index in [1.165, 1.54) is 6.42 Å². The summed E-state index contributed by atoms with van der Waals surface area (Å²) in [5.41, 5.74) is 0. The molecule has 3 aliphatic rings. The molecule has 0 aromatic rings. The normalized spacial score (nSPS) is 52.9. The number of hydrogen-bond acceptors (Lipinski definition) is 2. The highest BCUT2D eigenvalue weighted by atomic mass is 32.2. The van der Waals surface area contributed by atoms with E-state index < -0.39 is 11.2 Å². The second-order valence-electron chi connectivity index (χ2n) is 2.57. The van der Waals surface area contributed by atoms with Gasteiger partial charge in [-0.25, -0.2) is 0 Å². The van der Waals surface area contributed by atoms with Gasteiger partial charge in [0, 0.05) is 0 Å². The van der Waals surface area contributed by atoms with Crippen LogP contribution in [0.15, 0.2) is 0 Å². The molecule has 0 aromatic carbocycles. The molecule has 46 valence electrons. The fourth-order valence-corrected chi connectivity index (χ4v) is 2.90. The summed E-state index contributed by atoms with van der Waals surface area (Å²) in [6, 6.07) is 1.21. The van der Waals surface area contributed by atoms with Crippen LogP contribution < -0.4 is 5.32 Å². The van der Waals surface area contributed by atoms with Crippen LogP contribution in [0, 0.1) is 0 Å². The summed E-state index contributed by atoms with van der Waals surface area (Å²) in [6.45, 7) is 0. The van der Waals surface area contributed by atoms with Crippen molar-refractivity contribution in [3.05, 3.63) is 0 Å². The second kappa shape index (κ2) is 1.62. The van der Waals surface area contributed by atoms with Crippen molar-refractivity contribution in [2.45, 2.75) is 18.5 Å². The Balaban J connectivity index is 1.97. The number of rotatable bonds is 0. The minimum atomic E-state index is -0.483. The van der Waals surface area contributed by atoms with E-state index in [9.17, 15) is 4.55 Å². The van der Waals surface area contributed by atoms with Crippen molar-refractivity contribution in [2.24, 2.45) is 0 Å². The third-order valence-corrected chi connectivity index (χ3v) is 3.36. The van der Waals surface area contributed by atoms with E-state index >= 15 is 0 Å². The lowest BCUT2D eigenvalue weighted by Gasteiger charge is -2.42. The summed E-state index contributed by atoms with van der Waals surface area (Å²) in [7, 11) is 0. The molecule has 3 saturated heterocycles. The molecule has 3 heteroatoms. The molecule has 2 atom stereocenters. The Labute approximate surface area is 51.8 Å². The van der Waals surface area contributed by atoms with Crippen molar-refractivity contribution in [3.8, 4) is 0 Å². The Kier molecular flexibility index (Phi) is 1.03. The van der Waals surface area contributed by atoms with Gasteiger partial charge in [0.15, 0.2) is 0 Å². The van der Waals surface area contributed by atoms with E-state index in [4.69, 9.17) is 0 Å². The summed E-state index contributed by atoms with van der Waals surface area (Å²) in [5, 5.41) is 3.32. The molecule has 0 aliphatic carbocycles. The predicted molar refractivity (Wildman–Crippen MR) is 33.2 cm³/mol. The van der Waals surface area contributed by atoms with E-state index in [0.717, 1.165) is 11.5 Å². The Morgan fingerprint density at radius 2 is 1.88 bits per heavy atom. The smallest absolute Gasteiger partial charge is 0.120 e. The van der Waals surface area contributed by atoms with Gasteiger partial charge in [-0.3, -0.25) is 0 Å². The summed E-state index contributed by atoms with van der Waals surface area (Å²) in [4.78, 5) is 0. The average Bonchev–Trinajstić information content (AvgIpc) is 1.62. The Morgan fingerprint density at radius 1 is 1.38 bits per heavy atom. The van der Waals surface area contributed by atoms with Gasteiger partial charge in [-0.05, 0) is 6.42 Å². The topological polar surface area (TPSA) is 35.1 Å². The van der Waals surface area contributed by atoms with Crippen LogP contribution in [0.25, 0.3) is 0 Å². The van der Waals surface area contributed by atoms with Crippen LogP contribution in [0.4, 0.5) is 0 Å². The molecule has 2 nitrogen and oxygen atoms in total. The zero-order valence-electron chi connectivity index (χ0n) is 4.59. The van der Waals surface area contributed by atoms with Crippen molar-refractivity contribution >= 4 is 11.2 Å². The molecule has 0 amide bonds. The summed E-state index contributed by atoms with van der Waals surface area (Å²) in [6.07, 6.45) is 1.27. The lowest BCUT2D eigenvalue weighted by Crippen LogP contribution is -2.63. The second-order valence-corrected chi connectivity index (χ2v) is 4.12. The number of fused-ring (bicyclic) bond motifs is 2. The van der Waals surface area contributed by atoms with Crippen LogP contribution in [0.1, 0.15) is 6.42 Å². The van der Waals surface area contributed by atoms with Crippen LogP contribution in [-0.4, -0.2) is 28.1 Å². The molecule has 0 spiro atoms. The molecular weight excluding hydrogens is 122 g/mol. The summed E-state index contributed by atoms with van der Waals surface area (Å²) < 4.78 is 10.8. The molecule has 0 radical (unpaired) electrons. The lowest BCUT2D eigenvalue weighted by molar-refractivity contribution is 0.288. The van der Waals surface area contributed by atoms with Gasteiger partial charge < -0.3 is 9.87 Å². The molecule has 0 aromatic heterocycles. The van der Waals surface area contributed by atoms with Crippen molar-refractivity contribution in [2.75, 3.05) is 11.5 Å². The highest BCUT2D eigenvalue weighted by molar-refractivity contribution is 7.91. The molecule has 2 bridgehead atoms. The van der Waals surface area contributed by atoms with Gasteiger partial charge in [0.25, 0.3) is 0 Å². The molecular formula is C5H9NOS. The first-order chi connectivity index (χ1) is 3.84. The maximum absolute atomic E-state index is 10.8. The lowest BCUT2D eigenvalue weighted by atomic mass is 10.00. The highest BCUT2D eigenvalue weighted by Crippen LogP contribution is 2.21. The van der Waals surface area contributed by atoms with Crippen LogP contribution in [-0.2, 0) is 11.2 Å². The van der Waals surface area contributed by atoms with Crippen LogP contribution in [0.5, 0.6) is 0 Å². The molecule has 1 N–H and O–H groups in total. The zero-order valence-corrected chi connectivity index (χ0v) is 5.41. The van der Waals surface area contributed by atoms with Crippen molar-refractivity contribution in [1.82, 2.24) is 5.32 Å². The molecule has 2 unspecified atom stereocenters. The third kappa shape index (κ3) is 0.658. The molecule has 8 heavy (non-hydrogen) atoms. The quantitative estimate of drug-likeness (QED) is 0.449. The van der Waals surface area contributed by atoms with Crippen molar-refractivity contribution < 1.29 is 4.55 Å². The Hall–Kier alpha value is 0.270. The number of nitrogens with one attached hydrogen (secondary N) is 1. The molecule has 3 heterocycles. The standard InChI is InChI=1S/C5H9NOS/c7-8-2-4-1-5(3-8)6-4/h4-6H,1-3H2. The van der Waals surface area contributed by atoms with E-state index in [2.05, 4.69) is 5.32 Å². The predicted octanol–water partition coefficient (Wildman–Crippen LogP) is -0.521. The van der Waals surface area contributed by atoms with E-state index in [0.29, 0.717) is 12.1 Å². The van der Waals surface area contributed by atoms with E-state index in [1.807, 2.05) is 0 Å². The van der Waals surface area contributed by atoms with E-state index in [-0.39, 0.29) is 0 Å². The highest BCUT2D eigenvalue weighted by Gasteiger charge is 2.39. The van der Waals surface area contributed by atoms with Crippen molar-refractivity contribution in [3.63, 3.8) is 0 Å². The first-order valence-corrected chi connectivity index (χ1v) is 4.44. The van der Waals surface area contributed by atoms with Gasteiger partial charge in [-0.15, -0.1) is 0 Å². The Bertz CT molecular complexity index is 92.6. The van der Waals surface area contributed by atoms with Gasteiger partial charge in [-0.1, -0.05) is 11.2 Å². The van der Waals surface area contributed by atoms with Crippen LogP contribution in [0.2, 0.25) is 0 Å². The largest absolute Gasteiger partial charge is 0.616 e. The number of hydrogen-bond donors (Lipinski definition) is 1. The Morgan fingerprint density at radius 3 is 2.12 bits per heavy atom. The summed E-state index contributed by atoms with van der Waals surface area (Å²) >= 11 is -0.483. The van der Waals surface area contributed by atoms with E-state index in [1.54, 1.807) is 0 Å². The minimum Gasteiger partial charge on any atom is -0.616 e. The zero-order chi connectivity index (χ0) is 5.56. The maximum Gasteiger partial charge on any atom is 0.120 e. The SMILES string of the molecule is [O-][S+]1CC2CC(C1)N2. The first kappa shape index (κ1) is 5.09. The summed E-state index contributed by atoms with van der Waals surface area (Å²) in [5.74, 6) is 1.80. The third-order valence-electron chi connectivity index (χ3n) is 1.81. The molecule has 3 rings (SSSR count).